The fourth-order valence-electron chi connectivity index (χ4n) is 4.64. The third-order valence-electron chi connectivity index (χ3n) is 6.68. The van der Waals surface area contributed by atoms with Crippen LogP contribution in [0.4, 0.5) is 24.7 Å². The first kappa shape index (κ1) is 30.7. The number of anilines is 2. The van der Waals surface area contributed by atoms with E-state index in [1.54, 1.807) is 72.3 Å². The van der Waals surface area contributed by atoms with E-state index in [4.69, 9.17) is 25.4 Å². The molecule has 0 spiro atoms. The van der Waals surface area contributed by atoms with Crippen molar-refractivity contribution in [3.8, 4) is 28.1 Å². The average Bonchev–Trinajstić information content (AvgIpc) is 3.60. The van der Waals surface area contributed by atoms with Gasteiger partial charge in [0.25, 0.3) is 0 Å². The van der Waals surface area contributed by atoms with Crippen molar-refractivity contribution in [3.05, 3.63) is 72.4 Å². The first-order chi connectivity index (χ1) is 21.1. The number of hydrogen-bond acceptors (Lipinski definition) is 9. The van der Waals surface area contributed by atoms with Crippen molar-refractivity contribution in [2.75, 3.05) is 23.7 Å². The highest BCUT2D eigenvalue weighted by Crippen LogP contribution is 2.40. The van der Waals surface area contributed by atoms with Gasteiger partial charge in [-0.15, -0.1) is 0 Å². The second kappa shape index (κ2) is 13.3. The zero-order valence-corrected chi connectivity index (χ0v) is 24.4. The maximum absolute atomic E-state index is 13.5. The molecule has 0 aliphatic rings. The molecule has 5 rings (SSSR count). The van der Waals surface area contributed by atoms with E-state index < -0.39 is 24.4 Å². The lowest BCUT2D eigenvalue weighted by Crippen LogP contribution is -2.12. The van der Waals surface area contributed by atoms with Gasteiger partial charge in [0.15, 0.2) is 0 Å². The molecule has 11 nitrogen and oxygen atoms in total. The predicted molar refractivity (Wildman–Crippen MR) is 161 cm³/mol. The third-order valence-corrected chi connectivity index (χ3v) is 7.20. The number of nitrogens with two attached hydrogens (primary N) is 1. The van der Waals surface area contributed by atoms with Crippen LogP contribution in [0, 0.1) is 5.82 Å². The number of carboxylic acid groups (broad SMARTS) is 1. The standard InChI is InChI=1S/C29H28F3N7O4S/c1-16(17-3-6-20(30)7-4-17)43-23-11-18(5-8-22(23)37-44-29(31)32)26-25-27(38(2)36-26)21(13-34-28(25)33)19-12-35-39(14-19)9-10-42-15-24(40)41/h3-8,11-14,16,29,37H,9-10,15H2,1-2H3,(H2,33,34)(H,40,41)/t16-/m0/s1. The second-order valence-electron chi connectivity index (χ2n) is 9.69. The van der Waals surface area contributed by atoms with E-state index in [0.29, 0.717) is 45.5 Å². The number of nitrogens with zero attached hydrogens (tertiary/aromatic N) is 5. The minimum atomic E-state index is -2.66. The summed E-state index contributed by atoms with van der Waals surface area (Å²) in [5.74, 6) is -3.59. The Hall–Kier alpha value is -4.76. The van der Waals surface area contributed by atoms with Crippen molar-refractivity contribution >= 4 is 40.3 Å². The summed E-state index contributed by atoms with van der Waals surface area (Å²) in [5, 5.41) is 18.4. The lowest BCUT2D eigenvalue weighted by Gasteiger charge is -2.19. The summed E-state index contributed by atoms with van der Waals surface area (Å²) < 4.78 is 56.7. The van der Waals surface area contributed by atoms with Crippen LogP contribution in [0.2, 0.25) is 0 Å². The Labute approximate surface area is 253 Å². The highest BCUT2D eigenvalue weighted by molar-refractivity contribution is 8.00. The molecule has 0 saturated carbocycles. The van der Waals surface area contributed by atoms with Gasteiger partial charge in [0.05, 0.1) is 35.9 Å². The summed E-state index contributed by atoms with van der Waals surface area (Å²) in [7, 11) is 1.77. The topological polar surface area (TPSA) is 142 Å². The Morgan fingerprint density at radius 2 is 1.93 bits per heavy atom. The molecule has 0 radical (unpaired) electrons. The van der Waals surface area contributed by atoms with Gasteiger partial charge in [-0.2, -0.15) is 19.0 Å². The number of aryl methyl sites for hydroxylation is 1. The Kier molecular flexibility index (Phi) is 9.25. The first-order valence-electron chi connectivity index (χ1n) is 13.3. The van der Waals surface area contributed by atoms with E-state index >= 15 is 0 Å². The van der Waals surface area contributed by atoms with Gasteiger partial charge >= 0.3 is 11.7 Å². The van der Waals surface area contributed by atoms with Crippen molar-refractivity contribution in [2.24, 2.45) is 7.05 Å². The number of halogens is 3. The van der Waals surface area contributed by atoms with E-state index in [-0.39, 0.29) is 35.9 Å². The first-order valence-corrected chi connectivity index (χ1v) is 14.2. The second-order valence-corrected chi connectivity index (χ2v) is 10.5. The summed E-state index contributed by atoms with van der Waals surface area (Å²) in [4.78, 5) is 15.1. The lowest BCUT2D eigenvalue weighted by atomic mass is 10.0. The Morgan fingerprint density at radius 3 is 2.66 bits per heavy atom. The monoisotopic (exact) mass is 627 g/mol. The van der Waals surface area contributed by atoms with Crippen LogP contribution < -0.4 is 15.2 Å². The molecule has 3 heterocycles. The SMILES string of the molecule is C[C@H](Oc1cc(-c2nn(C)c3c(-c4cnn(CCOCC(=O)O)c4)cnc(N)c23)ccc1NSC(F)F)c1ccc(F)cc1. The molecule has 3 aromatic heterocycles. The molecule has 0 amide bonds. The van der Waals surface area contributed by atoms with E-state index in [1.165, 1.54) is 12.1 Å². The Morgan fingerprint density at radius 1 is 1.16 bits per heavy atom. The van der Waals surface area contributed by atoms with Crippen molar-refractivity contribution in [1.82, 2.24) is 24.5 Å². The summed E-state index contributed by atoms with van der Waals surface area (Å²) in [6.45, 7) is 1.89. The smallest absolute Gasteiger partial charge is 0.329 e. The molecule has 0 fully saturated rings. The van der Waals surface area contributed by atoms with Gasteiger partial charge < -0.3 is 25.0 Å². The number of aliphatic carboxylic acids is 1. The van der Waals surface area contributed by atoms with Crippen LogP contribution in [0.1, 0.15) is 18.6 Å². The maximum Gasteiger partial charge on any atom is 0.329 e. The maximum atomic E-state index is 13.5. The fraction of sp³-hybridized carbons (Fsp3) is 0.241. The molecule has 230 valence electrons. The average molecular weight is 628 g/mol. The van der Waals surface area contributed by atoms with E-state index in [2.05, 4.69) is 14.8 Å². The normalized spacial score (nSPS) is 12.1. The highest BCUT2D eigenvalue weighted by atomic mass is 32.2. The number of nitrogens with one attached hydrogen (secondary N) is 1. The molecule has 0 aliphatic heterocycles. The molecule has 0 unspecified atom stereocenters. The molecule has 5 aromatic rings. The number of ether oxygens (including phenoxy) is 2. The molecule has 1 atom stereocenters. The number of hydrogen-bond donors (Lipinski definition) is 3. The Balaban J connectivity index is 1.50. The molecule has 15 heteroatoms. The molecular formula is C29H28F3N7O4S. The summed E-state index contributed by atoms with van der Waals surface area (Å²) >= 11 is 0.238. The van der Waals surface area contributed by atoms with Crippen LogP contribution in [0.5, 0.6) is 5.75 Å². The number of alkyl halides is 2. The molecular weight excluding hydrogens is 599 g/mol. The minimum absolute atomic E-state index is 0.170. The van der Waals surface area contributed by atoms with Gasteiger partial charge in [-0.25, -0.2) is 14.2 Å². The molecule has 4 N–H and O–H groups in total. The van der Waals surface area contributed by atoms with Gasteiger partial charge in [-0.1, -0.05) is 18.2 Å². The van der Waals surface area contributed by atoms with Gasteiger partial charge in [0, 0.05) is 48.1 Å². The minimum Gasteiger partial charge on any atom is -0.484 e. The molecule has 44 heavy (non-hydrogen) atoms. The third kappa shape index (κ3) is 6.89. The number of aromatic nitrogens is 5. The van der Waals surface area contributed by atoms with Crippen LogP contribution in [0.3, 0.4) is 0 Å². The number of rotatable bonds is 13. The van der Waals surface area contributed by atoms with Crippen LogP contribution >= 0.6 is 11.9 Å². The number of benzene rings is 2. The number of pyridine rings is 1. The zero-order valence-electron chi connectivity index (χ0n) is 23.6. The van der Waals surface area contributed by atoms with Gasteiger partial charge in [-0.05, 0) is 36.8 Å². The van der Waals surface area contributed by atoms with E-state index in [9.17, 15) is 18.0 Å². The molecule has 0 aliphatic carbocycles. The lowest BCUT2D eigenvalue weighted by molar-refractivity contribution is -0.142. The summed E-state index contributed by atoms with van der Waals surface area (Å²) in [5.41, 5.74) is 10.6. The number of nitrogen functional groups attached to an aromatic ring is 1. The van der Waals surface area contributed by atoms with Crippen LogP contribution in [0.25, 0.3) is 33.3 Å². The Bertz CT molecular complexity index is 1780. The molecule has 2 aromatic carbocycles. The van der Waals surface area contributed by atoms with Gasteiger partial charge in [-0.3, -0.25) is 9.36 Å². The summed E-state index contributed by atoms with van der Waals surface area (Å²) in [6.07, 6.45) is 4.53. The summed E-state index contributed by atoms with van der Waals surface area (Å²) in [6, 6.07) is 10.8. The fourth-order valence-corrected chi connectivity index (χ4v) is 5.03. The van der Waals surface area contributed by atoms with Crippen molar-refractivity contribution in [1.29, 1.82) is 0 Å². The largest absolute Gasteiger partial charge is 0.484 e. The molecule has 0 saturated heterocycles. The van der Waals surface area contributed by atoms with Crippen molar-refractivity contribution in [2.45, 2.75) is 25.3 Å². The quantitative estimate of drug-likeness (QED) is 0.109. The van der Waals surface area contributed by atoms with Crippen molar-refractivity contribution < 1.29 is 32.5 Å². The predicted octanol–water partition coefficient (Wildman–Crippen LogP) is 5.74. The number of fused-ring (bicyclic) bond motifs is 1. The van der Waals surface area contributed by atoms with Gasteiger partial charge in [0.2, 0.25) is 0 Å². The molecule has 0 bridgehead atoms. The van der Waals surface area contributed by atoms with Gasteiger partial charge in [0.1, 0.15) is 35.8 Å². The van der Waals surface area contributed by atoms with Crippen LogP contribution in [-0.2, 0) is 23.1 Å². The van der Waals surface area contributed by atoms with E-state index in [1.807, 2.05) is 0 Å². The number of carboxylic acids is 1. The number of carbonyl (C=O) groups is 1. The highest BCUT2D eigenvalue weighted by Gasteiger charge is 2.21. The van der Waals surface area contributed by atoms with Crippen molar-refractivity contribution in [3.63, 3.8) is 0 Å². The van der Waals surface area contributed by atoms with Crippen LogP contribution in [0.15, 0.2) is 61.1 Å². The van der Waals surface area contributed by atoms with E-state index in [0.717, 1.165) is 5.56 Å². The van der Waals surface area contributed by atoms with Crippen LogP contribution in [-0.4, -0.2) is 54.6 Å². The zero-order chi connectivity index (χ0) is 31.4.